The molecule has 7 nitrogen and oxygen atoms in total. The zero-order chi connectivity index (χ0) is 24.8. The molecule has 35 heavy (non-hydrogen) atoms. The zero-order valence-corrected chi connectivity index (χ0v) is 22.6. The Labute approximate surface area is 219 Å². The molecular formula is C28H66N6O. The monoisotopic (exact) mass is 503 g/mol. The lowest BCUT2D eigenvalue weighted by molar-refractivity contribution is 0.168. The minimum Gasteiger partial charge on any atom is -0.390 e. The van der Waals surface area contributed by atoms with Crippen LogP contribution in [0.1, 0.15) is 110 Å². The fourth-order valence-corrected chi connectivity index (χ4v) is 4.06. The number of hydrogen-bond donors (Lipinski definition) is 7. The molecule has 7 heteroatoms. The van der Waals surface area contributed by atoms with E-state index in [4.69, 9.17) is 11.5 Å². The van der Waals surface area contributed by atoms with Crippen molar-refractivity contribution in [3.63, 3.8) is 0 Å². The summed E-state index contributed by atoms with van der Waals surface area (Å²) in [6.45, 7) is 9.62. The van der Waals surface area contributed by atoms with E-state index in [2.05, 4.69) is 21.3 Å². The van der Waals surface area contributed by atoms with E-state index in [9.17, 15) is 5.11 Å². The van der Waals surface area contributed by atoms with Gasteiger partial charge in [0.15, 0.2) is 0 Å². The highest BCUT2D eigenvalue weighted by molar-refractivity contribution is 4.63. The van der Waals surface area contributed by atoms with Crippen molar-refractivity contribution in [2.24, 2.45) is 11.5 Å². The lowest BCUT2D eigenvalue weighted by Crippen LogP contribution is -2.36. The Kier molecular flexibility index (Phi) is 35.5. The molecule has 0 aromatic rings. The van der Waals surface area contributed by atoms with Gasteiger partial charge in [0.2, 0.25) is 0 Å². The summed E-state index contributed by atoms with van der Waals surface area (Å²) >= 11 is 0. The van der Waals surface area contributed by atoms with Gasteiger partial charge in [0.25, 0.3) is 0 Å². The number of unbranched alkanes of at least 4 members (excludes halogenated alkanes) is 12. The Morgan fingerprint density at radius 2 is 0.657 bits per heavy atom. The number of nitrogens with one attached hydrogen (secondary N) is 4. The Balaban J connectivity index is 0. The molecule has 0 aromatic heterocycles. The summed E-state index contributed by atoms with van der Waals surface area (Å²) in [6, 6.07) is 0. The first kappa shape index (κ1) is 36.9. The Bertz CT molecular complexity index is 330. The van der Waals surface area contributed by atoms with Crippen LogP contribution in [-0.2, 0) is 0 Å². The van der Waals surface area contributed by atoms with Crippen molar-refractivity contribution in [1.29, 1.82) is 0 Å². The molecule has 0 atom stereocenters. The van der Waals surface area contributed by atoms with Gasteiger partial charge in [0, 0.05) is 13.1 Å². The first-order chi connectivity index (χ1) is 16.8. The maximum Gasteiger partial charge on any atom is 0.0788 e. The summed E-state index contributed by atoms with van der Waals surface area (Å²) < 4.78 is 0. The van der Waals surface area contributed by atoms with E-state index in [1.165, 1.54) is 89.9 Å². The van der Waals surface area contributed by atoms with Crippen LogP contribution in [0, 0.1) is 0 Å². The second-order valence-corrected chi connectivity index (χ2v) is 9.80. The zero-order valence-electron chi connectivity index (χ0n) is 22.6. The Morgan fingerprint density at radius 3 is 0.943 bits per heavy atom. The molecule has 0 unspecified atom stereocenters. The Hall–Kier alpha value is -0.280. The summed E-state index contributed by atoms with van der Waals surface area (Å²) in [7, 11) is 0. The fraction of sp³-hybridized carbons (Fsp3) is 1.00. The van der Waals surface area contributed by atoms with Crippen molar-refractivity contribution in [2.75, 3.05) is 65.4 Å². The highest BCUT2D eigenvalue weighted by Gasteiger charge is 2.02. The molecule has 0 rings (SSSR count). The van der Waals surface area contributed by atoms with Crippen molar-refractivity contribution >= 4 is 0 Å². The van der Waals surface area contributed by atoms with E-state index in [0.29, 0.717) is 13.1 Å². The van der Waals surface area contributed by atoms with Gasteiger partial charge in [-0.2, -0.15) is 0 Å². The number of aliphatic hydroxyl groups excluding tert-OH is 1. The van der Waals surface area contributed by atoms with Crippen LogP contribution < -0.4 is 32.7 Å². The third kappa shape index (κ3) is 33.7. The molecule has 0 aliphatic heterocycles. The van der Waals surface area contributed by atoms with E-state index in [1.807, 2.05) is 0 Å². The molecule has 0 fully saturated rings. The number of rotatable bonds is 30. The summed E-state index contributed by atoms with van der Waals surface area (Å²) in [5.74, 6) is 0. The second-order valence-electron chi connectivity index (χ2n) is 9.80. The normalized spacial score (nSPS) is 11.3. The molecule has 0 aliphatic carbocycles. The van der Waals surface area contributed by atoms with Crippen LogP contribution >= 0.6 is 0 Å². The maximum absolute atomic E-state index is 10.1. The summed E-state index contributed by atoms with van der Waals surface area (Å²) in [4.78, 5) is 0. The second kappa shape index (κ2) is 33.7. The van der Waals surface area contributed by atoms with Gasteiger partial charge in [-0.1, -0.05) is 58.8 Å². The van der Waals surface area contributed by atoms with Crippen molar-refractivity contribution < 1.29 is 5.11 Å². The number of aliphatic hydroxyl groups is 1. The molecule has 0 aliphatic rings. The smallest absolute Gasteiger partial charge is 0.0788 e. The number of hydrogen-bond acceptors (Lipinski definition) is 7. The van der Waals surface area contributed by atoms with Gasteiger partial charge >= 0.3 is 0 Å². The molecular weight excluding hydrogens is 436 g/mol. The first-order valence-electron chi connectivity index (χ1n) is 14.7. The molecule has 0 radical (unpaired) electrons. The van der Waals surface area contributed by atoms with Crippen LogP contribution in [-0.4, -0.2) is 76.7 Å². The van der Waals surface area contributed by atoms with E-state index in [1.54, 1.807) is 0 Å². The van der Waals surface area contributed by atoms with Gasteiger partial charge in [-0.05, 0) is 104 Å². The first-order valence-corrected chi connectivity index (χ1v) is 14.7. The average Bonchev–Trinajstić information content (AvgIpc) is 2.84. The lowest BCUT2D eigenvalue weighted by atomic mass is 10.1. The minimum absolute atomic E-state index is 0. The molecule has 0 saturated carbocycles. The van der Waals surface area contributed by atoms with E-state index in [-0.39, 0.29) is 13.5 Å². The Morgan fingerprint density at radius 1 is 0.400 bits per heavy atom. The summed E-state index contributed by atoms with van der Waals surface area (Å²) in [5.41, 5.74) is 11.0. The van der Waals surface area contributed by atoms with Gasteiger partial charge in [-0.25, -0.2) is 0 Å². The predicted molar refractivity (Wildman–Crippen MR) is 156 cm³/mol. The van der Waals surface area contributed by atoms with Crippen LogP contribution in [0.15, 0.2) is 0 Å². The number of nitrogens with two attached hydrogens (primary N) is 2. The van der Waals surface area contributed by atoms with E-state index >= 15 is 0 Å². The predicted octanol–water partition coefficient (Wildman–Crippen LogP) is 3.50. The highest BCUT2D eigenvalue weighted by atomic mass is 16.3. The third-order valence-electron chi connectivity index (χ3n) is 6.29. The average molecular weight is 503 g/mol. The largest absolute Gasteiger partial charge is 0.390 e. The molecule has 9 N–H and O–H groups in total. The van der Waals surface area contributed by atoms with Crippen LogP contribution in [0.5, 0.6) is 0 Å². The van der Waals surface area contributed by atoms with Crippen molar-refractivity contribution in [2.45, 2.75) is 116 Å². The van der Waals surface area contributed by atoms with Gasteiger partial charge in [-0.3, -0.25) is 0 Å². The van der Waals surface area contributed by atoms with Crippen molar-refractivity contribution in [1.82, 2.24) is 21.3 Å². The lowest BCUT2D eigenvalue weighted by Gasteiger charge is -2.13. The molecule has 0 aromatic carbocycles. The van der Waals surface area contributed by atoms with Crippen LogP contribution in [0.25, 0.3) is 0 Å². The van der Waals surface area contributed by atoms with Gasteiger partial charge < -0.3 is 37.8 Å². The highest BCUT2D eigenvalue weighted by Crippen LogP contribution is 2.01. The molecule has 214 valence electrons. The SMILES string of the molecule is C.NCCCCCCNCCCCCCNCC(O)CNCCCCCCNCCCCCCN. The molecule has 0 heterocycles. The maximum atomic E-state index is 10.1. The third-order valence-corrected chi connectivity index (χ3v) is 6.29. The quantitative estimate of drug-likeness (QED) is 0.0751. The van der Waals surface area contributed by atoms with Crippen LogP contribution in [0.3, 0.4) is 0 Å². The van der Waals surface area contributed by atoms with Crippen molar-refractivity contribution in [3.05, 3.63) is 0 Å². The molecule has 0 bridgehead atoms. The van der Waals surface area contributed by atoms with E-state index in [0.717, 1.165) is 65.2 Å². The van der Waals surface area contributed by atoms with Crippen LogP contribution in [0.4, 0.5) is 0 Å². The van der Waals surface area contributed by atoms with Crippen LogP contribution in [0.2, 0.25) is 0 Å². The minimum atomic E-state index is -0.289. The van der Waals surface area contributed by atoms with Gasteiger partial charge in [0.05, 0.1) is 6.10 Å². The van der Waals surface area contributed by atoms with E-state index < -0.39 is 0 Å². The molecule has 0 saturated heterocycles. The molecule has 0 amide bonds. The summed E-state index contributed by atoms with van der Waals surface area (Å²) in [5, 5.41) is 23.9. The van der Waals surface area contributed by atoms with Gasteiger partial charge in [-0.15, -0.1) is 0 Å². The topological polar surface area (TPSA) is 120 Å². The molecule has 0 spiro atoms. The summed E-state index contributed by atoms with van der Waals surface area (Å²) in [6.07, 6.45) is 19.8. The van der Waals surface area contributed by atoms with Crippen molar-refractivity contribution in [3.8, 4) is 0 Å². The fourth-order valence-electron chi connectivity index (χ4n) is 4.06. The van der Waals surface area contributed by atoms with Gasteiger partial charge in [0.1, 0.15) is 0 Å². The standard InChI is InChI=1S/C27H62N6O.CH4/c28-17-9-1-3-11-19-30-21-13-5-7-15-23-32-25-27(34)26-33-24-16-8-6-14-22-31-20-12-4-2-10-18-29;/h27,30-34H,1-26,28-29H2;1H4.